The molecule has 0 saturated carbocycles. The van der Waals surface area contributed by atoms with Crippen LogP contribution in [0.15, 0.2) is 28.7 Å². The molecular weight excluding hydrogens is 318 g/mol. The Balaban J connectivity index is 2.76. The van der Waals surface area contributed by atoms with Gasteiger partial charge in [0.2, 0.25) is 5.78 Å². The number of hydrogen-bond acceptors (Lipinski definition) is 2. The van der Waals surface area contributed by atoms with Crippen molar-refractivity contribution in [3.63, 3.8) is 0 Å². The Morgan fingerprint density at radius 3 is 1.95 bits per heavy atom. The average Bonchev–Trinajstić information content (AvgIpc) is 2.47. The average molecular weight is 340 g/mol. The Morgan fingerprint density at radius 1 is 1.00 bits per heavy atom. The second kappa shape index (κ2) is 8.90. The number of halogens is 1. The van der Waals surface area contributed by atoms with E-state index in [9.17, 15) is 9.59 Å². The molecule has 20 heavy (non-hydrogen) atoms. The van der Waals surface area contributed by atoms with Crippen molar-refractivity contribution in [2.45, 2.75) is 39.5 Å². The van der Waals surface area contributed by atoms with Gasteiger partial charge in [0, 0.05) is 23.1 Å². The van der Waals surface area contributed by atoms with E-state index in [0.717, 1.165) is 30.2 Å². The number of hydrogen-bond donors (Lipinski definition) is 0. The first-order chi connectivity index (χ1) is 9.60. The highest BCUT2D eigenvalue weighted by molar-refractivity contribution is 9.10. The lowest BCUT2D eigenvalue weighted by Crippen LogP contribution is -2.38. The van der Waals surface area contributed by atoms with Crippen molar-refractivity contribution >= 4 is 27.6 Å². The van der Waals surface area contributed by atoms with Gasteiger partial charge in [0.15, 0.2) is 0 Å². The Morgan fingerprint density at radius 2 is 1.50 bits per heavy atom. The molecule has 1 aromatic carbocycles. The lowest BCUT2D eigenvalue weighted by Gasteiger charge is -2.21. The minimum Gasteiger partial charge on any atom is -0.336 e. The van der Waals surface area contributed by atoms with E-state index in [-0.39, 0.29) is 5.91 Å². The van der Waals surface area contributed by atoms with Crippen molar-refractivity contribution in [3.8, 4) is 0 Å². The first-order valence-corrected chi connectivity index (χ1v) is 7.98. The zero-order chi connectivity index (χ0) is 15.0. The fraction of sp³-hybridized carbons (Fsp3) is 0.500. The smallest absolute Gasteiger partial charge is 0.294 e. The van der Waals surface area contributed by atoms with Crippen molar-refractivity contribution in [2.24, 2.45) is 0 Å². The fourth-order valence-corrected chi connectivity index (χ4v) is 2.15. The molecule has 0 saturated heterocycles. The third kappa shape index (κ3) is 5.08. The predicted molar refractivity (Wildman–Crippen MR) is 84.9 cm³/mol. The molecule has 0 atom stereocenters. The van der Waals surface area contributed by atoms with Crippen molar-refractivity contribution in [2.75, 3.05) is 13.1 Å². The van der Waals surface area contributed by atoms with Crippen molar-refractivity contribution in [1.29, 1.82) is 0 Å². The maximum atomic E-state index is 12.3. The minimum atomic E-state index is -0.412. The topological polar surface area (TPSA) is 37.4 Å². The van der Waals surface area contributed by atoms with E-state index in [1.165, 1.54) is 0 Å². The second-order valence-electron chi connectivity index (χ2n) is 4.84. The van der Waals surface area contributed by atoms with Crippen LogP contribution in [0.25, 0.3) is 0 Å². The zero-order valence-corrected chi connectivity index (χ0v) is 13.8. The Kier molecular flexibility index (Phi) is 7.52. The molecule has 0 N–H and O–H groups in total. The van der Waals surface area contributed by atoms with Gasteiger partial charge in [0.1, 0.15) is 0 Å². The third-order valence-corrected chi connectivity index (χ3v) is 3.68. The van der Waals surface area contributed by atoms with Crippen LogP contribution in [0.1, 0.15) is 49.9 Å². The predicted octanol–water partition coefficient (Wildman–Crippen LogP) is 4.06. The molecule has 0 radical (unpaired) electrons. The van der Waals surface area contributed by atoms with Gasteiger partial charge >= 0.3 is 0 Å². The van der Waals surface area contributed by atoms with Crippen LogP contribution in [0.4, 0.5) is 0 Å². The first-order valence-electron chi connectivity index (χ1n) is 7.19. The van der Waals surface area contributed by atoms with Gasteiger partial charge in [-0.3, -0.25) is 9.59 Å². The standard InChI is InChI=1S/C16H22BrNO2/c1-3-5-11-18(12-6-4-2)16(20)15(19)13-7-9-14(17)10-8-13/h7-10H,3-6,11-12H2,1-2H3. The molecule has 0 aliphatic carbocycles. The largest absolute Gasteiger partial charge is 0.336 e. The molecule has 4 heteroatoms. The molecule has 0 bridgehead atoms. The molecule has 0 fully saturated rings. The van der Waals surface area contributed by atoms with E-state index >= 15 is 0 Å². The van der Waals surface area contributed by atoms with E-state index in [1.54, 1.807) is 29.2 Å². The summed E-state index contributed by atoms with van der Waals surface area (Å²) < 4.78 is 0.898. The highest BCUT2D eigenvalue weighted by atomic mass is 79.9. The molecule has 0 aliphatic heterocycles. The van der Waals surface area contributed by atoms with Crippen LogP contribution in [0.3, 0.4) is 0 Å². The van der Waals surface area contributed by atoms with Gasteiger partial charge in [-0.05, 0) is 37.1 Å². The Hall–Kier alpha value is -1.16. The monoisotopic (exact) mass is 339 g/mol. The summed E-state index contributed by atoms with van der Waals surface area (Å²) in [5.74, 6) is -0.793. The van der Waals surface area contributed by atoms with Crippen LogP contribution in [-0.4, -0.2) is 29.7 Å². The maximum absolute atomic E-state index is 12.3. The Bertz CT molecular complexity index is 434. The molecule has 0 aromatic heterocycles. The summed E-state index contributed by atoms with van der Waals surface area (Å²) in [5.41, 5.74) is 0.455. The Labute approximate surface area is 129 Å². The second-order valence-corrected chi connectivity index (χ2v) is 5.75. The molecule has 0 heterocycles. The van der Waals surface area contributed by atoms with E-state index in [4.69, 9.17) is 0 Å². The van der Waals surface area contributed by atoms with Gasteiger partial charge in [0.25, 0.3) is 5.91 Å². The molecule has 110 valence electrons. The zero-order valence-electron chi connectivity index (χ0n) is 12.2. The van der Waals surface area contributed by atoms with E-state index in [2.05, 4.69) is 29.8 Å². The summed E-state index contributed by atoms with van der Waals surface area (Å²) in [6, 6.07) is 6.93. The van der Waals surface area contributed by atoms with Crippen molar-refractivity contribution in [1.82, 2.24) is 4.90 Å². The molecule has 0 spiro atoms. The quantitative estimate of drug-likeness (QED) is 0.529. The van der Waals surface area contributed by atoms with E-state index in [0.29, 0.717) is 18.7 Å². The number of carbonyl (C=O) groups is 2. The van der Waals surface area contributed by atoms with Crippen LogP contribution in [0, 0.1) is 0 Å². The van der Waals surface area contributed by atoms with Gasteiger partial charge in [-0.15, -0.1) is 0 Å². The highest BCUT2D eigenvalue weighted by Gasteiger charge is 2.22. The van der Waals surface area contributed by atoms with Crippen LogP contribution in [0.5, 0.6) is 0 Å². The number of amides is 1. The van der Waals surface area contributed by atoms with E-state index < -0.39 is 5.78 Å². The lowest BCUT2D eigenvalue weighted by atomic mass is 10.1. The maximum Gasteiger partial charge on any atom is 0.294 e. The summed E-state index contributed by atoms with van der Waals surface area (Å²) in [7, 11) is 0. The number of Topliss-reactive ketones (excluding diaryl/α,β-unsaturated/α-hetero) is 1. The van der Waals surface area contributed by atoms with Crippen molar-refractivity contribution in [3.05, 3.63) is 34.3 Å². The number of nitrogens with zero attached hydrogens (tertiary/aromatic N) is 1. The fourth-order valence-electron chi connectivity index (χ4n) is 1.88. The third-order valence-electron chi connectivity index (χ3n) is 3.15. The number of carbonyl (C=O) groups excluding carboxylic acids is 2. The van der Waals surface area contributed by atoms with Gasteiger partial charge in [0.05, 0.1) is 0 Å². The highest BCUT2D eigenvalue weighted by Crippen LogP contribution is 2.12. The summed E-state index contributed by atoms with van der Waals surface area (Å²) >= 11 is 3.32. The molecule has 3 nitrogen and oxygen atoms in total. The molecule has 1 rings (SSSR count). The number of rotatable bonds is 8. The van der Waals surface area contributed by atoms with Gasteiger partial charge in [-0.1, -0.05) is 42.6 Å². The van der Waals surface area contributed by atoms with Gasteiger partial charge in [-0.2, -0.15) is 0 Å². The van der Waals surface area contributed by atoms with Crippen molar-refractivity contribution < 1.29 is 9.59 Å². The number of unbranched alkanes of at least 4 members (excludes halogenated alkanes) is 2. The molecule has 1 aromatic rings. The van der Waals surface area contributed by atoms with Crippen LogP contribution >= 0.6 is 15.9 Å². The molecular formula is C16H22BrNO2. The summed E-state index contributed by atoms with van der Waals surface area (Å²) in [6.07, 6.45) is 3.90. The van der Waals surface area contributed by atoms with Crippen LogP contribution in [0.2, 0.25) is 0 Å². The normalized spacial score (nSPS) is 10.3. The number of benzene rings is 1. The molecule has 1 amide bonds. The molecule has 0 aliphatic rings. The summed E-state index contributed by atoms with van der Waals surface area (Å²) in [4.78, 5) is 26.2. The SMILES string of the molecule is CCCCN(CCCC)C(=O)C(=O)c1ccc(Br)cc1. The molecule has 0 unspecified atom stereocenters. The van der Waals surface area contributed by atoms with Crippen LogP contribution in [-0.2, 0) is 4.79 Å². The van der Waals surface area contributed by atoms with Gasteiger partial charge < -0.3 is 4.90 Å². The number of ketones is 1. The summed E-state index contributed by atoms with van der Waals surface area (Å²) in [5, 5.41) is 0. The first kappa shape index (κ1) is 16.9. The summed E-state index contributed by atoms with van der Waals surface area (Å²) in [6.45, 7) is 5.49. The van der Waals surface area contributed by atoms with Gasteiger partial charge in [-0.25, -0.2) is 0 Å². The minimum absolute atomic E-state index is 0.380. The lowest BCUT2D eigenvalue weighted by molar-refractivity contribution is -0.126. The van der Waals surface area contributed by atoms with E-state index in [1.807, 2.05) is 0 Å². The van der Waals surface area contributed by atoms with Crippen LogP contribution < -0.4 is 0 Å².